The summed E-state index contributed by atoms with van der Waals surface area (Å²) in [4.78, 5) is 3.91. The third kappa shape index (κ3) is 2.84. The van der Waals surface area contributed by atoms with Crippen LogP contribution in [0.4, 0.5) is 4.39 Å². The molecule has 0 atom stereocenters. The molecule has 16 heavy (non-hydrogen) atoms. The molecule has 2 aromatic rings. The van der Waals surface area contributed by atoms with Gasteiger partial charge in [0.15, 0.2) is 0 Å². The van der Waals surface area contributed by atoms with Crippen LogP contribution in [-0.4, -0.2) is 4.98 Å². The molecule has 0 saturated carbocycles. The maximum absolute atomic E-state index is 13.0. The molecule has 0 radical (unpaired) electrons. The predicted molar refractivity (Wildman–Crippen MR) is 60.7 cm³/mol. The molecular weight excluding hydrogens is 252 g/mol. The first kappa shape index (κ1) is 11.2. The van der Waals surface area contributed by atoms with Crippen molar-refractivity contribution in [3.63, 3.8) is 0 Å². The average molecular weight is 258 g/mol. The number of aromatic nitrogens is 1. The highest BCUT2D eigenvalue weighted by Gasteiger charge is 2.02. The lowest BCUT2D eigenvalue weighted by Gasteiger charge is -2.04. The molecule has 0 amide bonds. The van der Waals surface area contributed by atoms with Crippen LogP contribution in [0.15, 0.2) is 36.5 Å². The van der Waals surface area contributed by atoms with Gasteiger partial charge in [-0.05, 0) is 18.2 Å². The SMILES string of the molecule is Fc1cc(Cl)cc(Oc2ccc(Cl)cn2)c1. The summed E-state index contributed by atoms with van der Waals surface area (Å²) in [6.45, 7) is 0. The molecule has 1 aromatic carbocycles. The van der Waals surface area contributed by atoms with Crippen LogP contribution < -0.4 is 4.74 Å². The molecule has 0 spiro atoms. The average Bonchev–Trinajstić information content (AvgIpc) is 2.20. The van der Waals surface area contributed by atoms with E-state index in [1.165, 1.54) is 24.4 Å². The number of ether oxygens (including phenoxy) is 1. The van der Waals surface area contributed by atoms with Crippen LogP contribution in [-0.2, 0) is 0 Å². The van der Waals surface area contributed by atoms with Crippen molar-refractivity contribution >= 4 is 23.2 Å². The van der Waals surface area contributed by atoms with Gasteiger partial charge in [-0.1, -0.05) is 23.2 Å². The van der Waals surface area contributed by atoms with E-state index < -0.39 is 5.82 Å². The molecule has 0 fully saturated rings. The fraction of sp³-hybridized carbons (Fsp3) is 0. The maximum Gasteiger partial charge on any atom is 0.219 e. The van der Waals surface area contributed by atoms with Crippen LogP contribution in [0, 0.1) is 5.82 Å². The van der Waals surface area contributed by atoms with E-state index in [9.17, 15) is 4.39 Å². The number of halogens is 3. The van der Waals surface area contributed by atoms with Gasteiger partial charge in [-0.2, -0.15) is 0 Å². The van der Waals surface area contributed by atoms with Crippen molar-refractivity contribution in [2.45, 2.75) is 0 Å². The highest BCUT2D eigenvalue weighted by molar-refractivity contribution is 6.30. The molecular formula is C11H6Cl2FNO. The number of pyridine rings is 1. The topological polar surface area (TPSA) is 22.1 Å². The number of benzene rings is 1. The molecule has 0 bridgehead atoms. The molecule has 82 valence electrons. The van der Waals surface area contributed by atoms with Crippen molar-refractivity contribution < 1.29 is 9.13 Å². The Hall–Kier alpha value is -1.32. The largest absolute Gasteiger partial charge is 0.439 e. The molecule has 1 aromatic heterocycles. The standard InChI is InChI=1S/C11H6Cl2FNO/c12-7-1-2-11(15-6-7)16-10-4-8(13)3-9(14)5-10/h1-6H. The summed E-state index contributed by atoms with van der Waals surface area (Å²) in [6, 6.07) is 7.14. The second kappa shape index (κ2) is 4.68. The Morgan fingerprint density at radius 1 is 1.06 bits per heavy atom. The summed E-state index contributed by atoms with van der Waals surface area (Å²) in [6.07, 6.45) is 1.44. The summed E-state index contributed by atoms with van der Waals surface area (Å²) >= 11 is 11.3. The lowest BCUT2D eigenvalue weighted by atomic mass is 10.3. The summed E-state index contributed by atoms with van der Waals surface area (Å²) in [5.41, 5.74) is 0. The molecule has 2 rings (SSSR count). The first-order valence-corrected chi connectivity index (χ1v) is 5.14. The minimum absolute atomic E-state index is 0.268. The van der Waals surface area contributed by atoms with Crippen molar-refractivity contribution in [1.29, 1.82) is 0 Å². The lowest BCUT2D eigenvalue weighted by Crippen LogP contribution is -1.88. The summed E-state index contributed by atoms with van der Waals surface area (Å²) in [5, 5.41) is 0.772. The van der Waals surface area contributed by atoms with E-state index in [0.29, 0.717) is 16.7 Å². The van der Waals surface area contributed by atoms with Crippen molar-refractivity contribution in [3.05, 3.63) is 52.4 Å². The Balaban J connectivity index is 2.23. The smallest absolute Gasteiger partial charge is 0.219 e. The highest BCUT2D eigenvalue weighted by atomic mass is 35.5. The van der Waals surface area contributed by atoms with Crippen molar-refractivity contribution in [2.75, 3.05) is 0 Å². The monoisotopic (exact) mass is 257 g/mol. The molecule has 0 aliphatic rings. The Kier molecular flexibility index (Phi) is 3.27. The van der Waals surface area contributed by atoms with Gasteiger partial charge in [-0.15, -0.1) is 0 Å². The maximum atomic E-state index is 13.0. The quantitative estimate of drug-likeness (QED) is 0.800. The summed E-state index contributed by atoms with van der Waals surface area (Å²) in [7, 11) is 0. The van der Waals surface area contributed by atoms with Crippen LogP contribution in [0.3, 0.4) is 0 Å². The lowest BCUT2D eigenvalue weighted by molar-refractivity contribution is 0.458. The van der Waals surface area contributed by atoms with E-state index in [1.54, 1.807) is 12.1 Å². The van der Waals surface area contributed by atoms with E-state index in [1.807, 2.05) is 0 Å². The molecule has 0 N–H and O–H groups in total. The van der Waals surface area contributed by atoms with Gasteiger partial charge in [0.1, 0.15) is 11.6 Å². The van der Waals surface area contributed by atoms with E-state index in [2.05, 4.69) is 4.98 Å². The molecule has 1 heterocycles. The van der Waals surface area contributed by atoms with Crippen molar-refractivity contribution in [2.24, 2.45) is 0 Å². The minimum Gasteiger partial charge on any atom is -0.439 e. The Labute approximate surface area is 102 Å². The van der Waals surface area contributed by atoms with Crippen LogP contribution in [0.2, 0.25) is 10.0 Å². The van der Waals surface area contributed by atoms with Crippen molar-refractivity contribution in [3.8, 4) is 11.6 Å². The normalized spacial score (nSPS) is 10.2. The molecule has 0 unspecified atom stereocenters. The van der Waals surface area contributed by atoms with Gasteiger partial charge < -0.3 is 4.74 Å². The molecule has 0 aliphatic heterocycles. The number of nitrogens with zero attached hydrogens (tertiary/aromatic N) is 1. The van der Waals surface area contributed by atoms with Gasteiger partial charge in [0, 0.05) is 23.4 Å². The van der Waals surface area contributed by atoms with Gasteiger partial charge in [-0.25, -0.2) is 9.37 Å². The van der Waals surface area contributed by atoms with Gasteiger partial charge in [0.2, 0.25) is 5.88 Å². The van der Waals surface area contributed by atoms with Gasteiger partial charge in [-0.3, -0.25) is 0 Å². The van der Waals surface area contributed by atoms with Gasteiger partial charge in [0.05, 0.1) is 5.02 Å². The van der Waals surface area contributed by atoms with E-state index >= 15 is 0 Å². The van der Waals surface area contributed by atoms with Gasteiger partial charge >= 0.3 is 0 Å². The Bertz CT molecular complexity index is 482. The van der Waals surface area contributed by atoms with Crippen LogP contribution in [0.1, 0.15) is 0 Å². The summed E-state index contributed by atoms with van der Waals surface area (Å²) in [5.74, 6) is 0.155. The van der Waals surface area contributed by atoms with Crippen LogP contribution in [0.5, 0.6) is 11.6 Å². The third-order valence-electron chi connectivity index (χ3n) is 1.76. The molecule has 0 saturated heterocycles. The third-order valence-corrected chi connectivity index (χ3v) is 2.20. The zero-order valence-electron chi connectivity index (χ0n) is 7.95. The highest BCUT2D eigenvalue weighted by Crippen LogP contribution is 2.24. The molecule has 0 aliphatic carbocycles. The molecule has 2 nitrogen and oxygen atoms in total. The molecule has 5 heteroatoms. The second-order valence-electron chi connectivity index (χ2n) is 3.02. The predicted octanol–water partition coefficient (Wildman–Crippen LogP) is 4.32. The number of rotatable bonds is 2. The van der Waals surface area contributed by atoms with Crippen LogP contribution >= 0.6 is 23.2 Å². The first-order valence-electron chi connectivity index (χ1n) is 4.39. The Morgan fingerprint density at radius 2 is 1.88 bits per heavy atom. The number of hydrogen-bond donors (Lipinski definition) is 0. The zero-order valence-corrected chi connectivity index (χ0v) is 9.47. The van der Waals surface area contributed by atoms with E-state index in [0.717, 1.165) is 0 Å². The fourth-order valence-corrected chi connectivity index (χ4v) is 1.45. The minimum atomic E-state index is -0.462. The zero-order chi connectivity index (χ0) is 11.5. The van der Waals surface area contributed by atoms with Gasteiger partial charge in [0.25, 0.3) is 0 Å². The van der Waals surface area contributed by atoms with Crippen molar-refractivity contribution in [1.82, 2.24) is 4.98 Å². The van der Waals surface area contributed by atoms with Crippen LogP contribution in [0.25, 0.3) is 0 Å². The number of hydrogen-bond acceptors (Lipinski definition) is 2. The first-order chi connectivity index (χ1) is 7.63. The van der Waals surface area contributed by atoms with E-state index in [4.69, 9.17) is 27.9 Å². The van der Waals surface area contributed by atoms with E-state index in [-0.39, 0.29) is 5.02 Å². The second-order valence-corrected chi connectivity index (χ2v) is 3.89. The fourth-order valence-electron chi connectivity index (χ4n) is 1.13. The Morgan fingerprint density at radius 3 is 2.50 bits per heavy atom. The summed E-state index contributed by atoms with van der Waals surface area (Å²) < 4.78 is 18.3.